The van der Waals surface area contributed by atoms with E-state index in [9.17, 15) is 4.79 Å². The van der Waals surface area contributed by atoms with Gasteiger partial charge in [-0.15, -0.1) is 0 Å². The Morgan fingerprint density at radius 1 is 1.07 bits per heavy atom. The fraction of sp³-hybridized carbons (Fsp3) is 0.300. The number of fused-ring (bicyclic) bond motifs is 2. The Hall–Kier alpha value is -3.26. The van der Waals surface area contributed by atoms with E-state index in [1.54, 1.807) is 4.52 Å². The van der Waals surface area contributed by atoms with Crippen LogP contribution in [0.15, 0.2) is 35.3 Å². The molecule has 0 radical (unpaired) electrons. The van der Waals surface area contributed by atoms with Crippen molar-refractivity contribution < 1.29 is 0 Å². The van der Waals surface area contributed by atoms with Gasteiger partial charge < -0.3 is 15.2 Å². The van der Waals surface area contributed by atoms with Crippen LogP contribution in [0.3, 0.4) is 0 Å². The number of hydrogen-bond acceptors (Lipinski definition) is 6. The fourth-order valence-electron chi connectivity index (χ4n) is 3.73. The first-order chi connectivity index (χ1) is 13.6. The highest BCUT2D eigenvalue weighted by Gasteiger charge is 2.14. The van der Waals surface area contributed by atoms with Crippen LogP contribution >= 0.6 is 0 Å². The number of imidazole rings is 1. The molecule has 28 heavy (non-hydrogen) atoms. The van der Waals surface area contributed by atoms with Gasteiger partial charge in [0.2, 0.25) is 0 Å². The van der Waals surface area contributed by atoms with Crippen molar-refractivity contribution in [1.29, 1.82) is 0 Å². The second-order valence-electron chi connectivity index (χ2n) is 7.22. The molecule has 0 aliphatic carbocycles. The van der Waals surface area contributed by atoms with Crippen molar-refractivity contribution in [3.8, 4) is 11.5 Å². The molecule has 8 nitrogen and oxygen atoms in total. The van der Waals surface area contributed by atoms with E-state index >= 15 is 0 Å². The second-order valence-corrected chi connectivity index (χ2v) is 7.22. The average molecular weight is 375 g/mol. The zero-order valence-corrected chi connectivity index (χ0v) is 15.9. The van der Waals surface area contributed by atoms with Gasteiger partial charge in [-0.3, -0.25) is 4.79 Å². The molecule has 3 aromatic heterocycles. The summed E-state index contributed by atoms with van der Waals surface area (Å²) >= 11 is 0. The monoisotopic (exact) mass is 375 g/mol. The van der Waals surface area contributed by atoms with Gasteiger partial charge in [-0.2, -0.15) is 5.10 Å². The predicted molar refractivity (Wildman–Crippen MR) is 109 cm³/mol. The molecule has 4 heterocycles. The molecule has 0 unspecified atom stereocenters. The van der Waals surface area contributed by atoms with Crippen molar-refractivity contribution >= 4 is 22.2 Å². The van der Waals surface area contributed by atoms with E-state index in [0.717, 1.165) is 48.8 Å². The Morgan fingerprint density at radius 3 is 2.71 bits per heavy atom. The van der Waals surface area contributed by atoms with Crippen LogP contribution in [0.2, 0.25) is 0 Å². The Morgan fingerprint density at radius 2 is 1.89 bits per heavy atom. The molecule has 0 saturated carbocycles. The molecule has 4 aromatic rings. The number of rotatable bonds is 2. The van der Waals surface area contributed by atoms with Gasteiger partial charge in [0.15, 0.2) is 11.5 Å². The number of aryl methyl sites for hydroxylation is 2. The van der Waals surface area contributed by atoms with E-state index < -0.39 is 0 Å². The van der Waals surface area contributed by atoms with Crippen molar-refractivity contribution in [3.63, 3.8) is 0 Å². The fourth-order valence-corrected chi connectivity index (χ4v) is 3.73. The van der Waals surface area contributed by atoms with Gasteiger partial charge in [0, 0.05) is 31.9 Å². The van der Waals surface area contributed by atoms with Crippen LogP contribution < -0.4 is 15.8 Å². The molecule has 8 heteroatoms. The lowest BCUT2D eigenvalue weighted by Gasteiger charge is -2.29. The summed E-state index contributed by atoms with van der Waals surface area (Å²) < 4.78 is 1.73. The zero-order valence-electron chi connectivity index (χ0n) is 15.9. The first-order valence-corrected chi connectivity index (χ1v) is 9.42. The predicted octanol–water partition coefficient (Wildman–Crippen LogP) is 1.66. The summed E-state index contributed by atoms with van der Waals surface area (Å²) in [5.41, 5.74) is 4.87. The molecule has 0 spiro atoms. The Balaban J connectivity index is 1.60. The molecule has 1 aromatic carbocycles. The van der Waals surface area contributed by atoms with Crippen molar-refractivity contribution in [2.24, 2.45) is 0 Å². The summed E-state index contributed by atoms with van der Waals surface area (Å²) in [6.07, 6.45) is 1.87. The lowest BCUT2D eigenvalue weighted by Crippen LogP contribution is -2.43. The lowest BCUT2D eigenvalue weighted by atomic mass is 10.2. The number of hydrogen-bond donors (Lipinski definition) is 2. The minimum Gasteiger partial charge on any atom is -0.369 e. The molecule has 0 bridgehead atoms. The van der Waals surface area contributed by atoms with Gasteiger partial charge in [-0.25, -0.2) is 14.5 Å². The van der Waals surface area contributed by atoms with Crippen LogP contribution in [0, 0.1) is 13.8 Å². The number of aromatic nitrogens is 5. The number of aromatic amines is 1. The van der Waals surface area contributed by atoms with Gasteiger partial charge in [0.05, 0.1) is 22.8 Å². The van der Waals surface area contributed by atoms with Crippen molar-refractivity contribution in [2.45, 2.75) is 13.8 Å². The van der Waals surface area contributed by atoms with Crippen LogP contribution in [0.25, 0.3) is 28.1 Å². The maximum absolute atomic E-state index is 12.8. The van der Waals surface area contributed by atoms with E-state index in [1.165, 1.54) is 0 Å². The maximum atomic E-state index is 12.8. The van der Waals surface area contributed by atoms with Crippen molar-refractivity contribution in [3.05, 3.63) is 52.1 Å². The summed E-state index contributed by atoms with van der Waals surface area (Å²) in [5, 5.41) is 8.51. The van der Waals surface area contributed by atoms with E-state index in [1.807, 2.05) is 44.3 Å². The Kier molecular flexibility index (Phi) is 3.87. The lowest BCUT2D eigenvalue weighted by molar-refractivity contribution is 0.589. The second kappa shape index (κ2) is 6.42. The molecule has 2 N–H and O–H groups in total. The summed E-state index contributed by atoms with van der Waals surface area (Å²) in [4.78, 5) is 27.1. The summed E-state index contributed by atoms with van der Waals surface area (Å²) in [7, 11) is 0. The SMILES string of the molecule is Cc1cn2nc(-c3nc4ccc(N5CCNCC5)cc4c(=O)[nH]3)cc(C)c2n1. The Labute approximate surface area is 161 Å². The third-order valence-electron chi connectivity index (χ3n) is 5.14. The van der Waals surface area contributed by atoms with E-state index in [-0.39, 0.29) is 5.56 Å². The third-order valence-corrected chi connectivity index (χ3v) is 5.14. The zero-order chi connectivity index (χ0) is 19.3. The van der Waals surface area contributed by atoms with Crippen molar-refractivity contribution in [1.82, 2.24) is 29.9 Å². The number of benzene rings is 1. The number of nitrogens with zero attached hydrogens (tertiary/aromatic N) is 5. The van der Waals surface area contributed by atoms with Gasteiger partial charge >= 0.3 is 0 Å². The molecular weight excluding hydrogens is 354 g/mol. The molecule has 1 fully saturated rings. The van der Waals surface area contributed by atoms with Gasteiger partial charge in [0.25, 0.3) is 5.56 Å². The number of nitrogens with one attached hydrogen (secondary N) is 2. The topological polar surface area (TPSA) is 91.2 Å². The molecule has 1 aliphatic heterocycles. The molecular formula is C20H21N7O. The number of anilines is 1. The maximum Gasteiger partial charge on any atom is 0.259 e. The van der Waals surface area contributed by atoms with Crippen LogP contribution in [-0.4, -0.2) is 50.7 Å². The molecule has 0 amide bonds. The van der Waals surface area contributed by atoms with Crippen molar-refractivity contribution in [2.75, 3.05) is 31.1 Å². The highest BCUT2D eigenvalue weighted by Crippen LogP contribution is 2.22. The molecule has 1 aliphatic rings. The minimum atomic E-state index is -0.154. The average Bonchev–Trinajstić information content (AvgIpc) is 3.09. The Bertz CT molecular complexity index is 1250. The number of piperazine rings is 1. The minimum absolute atomic E-state index is 0.154. The van der Waals surface area contributed by atoms with E-state index in [4.69, 9.17) is 0 Å². The van der Waals surface area contributed by atoms with E-state index in [2.05, 4.69) is 30.3 Å². The van der Waals surface area contributed by atoms with Crippen LogP contribution in [0.1, 0.15) is 11.3 Å². The quantitative estimate of drug-likeness (QED) is 0.554. The summed E-state index contributed by atoms with van der Waals surface area (Å²) in [5.74, 6) is 0.462. The van der Waals surface area contributed by atoms with Crippen LogP contribution in [0.4, 0.5) is 5.69 Å². The highest BCUT2D eigenvalue weighted by atomic mass is 16.1. The normalized spacial score (nSPS) is 14.9. The van der Waals surface area contributed by atoms with Gasteiger partial charge in [-0.05, 0) is 43.7 Å². The molecule has 1 saturated heterocycles. The third kappa shape index (κ3) is 2.82. The first-order valence-electron chi connectivity index (χ1n) is 9.42. The highest BCUT2D eigenvalue weighted by molar-refractivity contribution is 5.83. The first kappa shape index (κ1) is 16.9. The van der Waals surface area contributed by atoms with Gasteiger partial charge in [0.1, 0.15) is 5.69 Å². The molecule has 142 valence electrons. The van der Waals surface area contributed by atoms with Crippen LogP contribution in [-0.2, 0) is 0 Å². The van der Waals surface area contributed by atoms with Gasteiger partial charge in [-0.1, -0.05) is 0 Å². The summed E-state index contributed by atoms with van der Waals surface area (Å²) in [6, 6.07) is 7.78. The molecule has 5 rings (SSSR count). The molecule has 0 atom stereocenters. The van der Waals surface area contributed by atoms with E-state index in [0.29, 0.717) is 22.4 Å². The smallest absolute Gasteiger partial charge is 0.259 e. The number of H-pyrrole nitrogens is 1. The summed E-state index contributed by atoms with van der Waals surface area (Å²) in [6.45, 7) is 7.68. The largest absolute Gasteiger partial charge is 0.369 e. The van der Waals surface area contributed by atoms with Crippen LogP contribution in [0.5, 0.6) is 0 Å². The standard InChI is InChI=1S/C20H21N7O/c1-12-9-17(25-27-11-13(2)22-19(12)27)18-23-16-4-3-14(10-15(16)20(28)24-18)26-7-5-21-6-8-26/h3-4,9-11,21H,5-8H2,1-2H3,(H,23,24,28).